The second-order valence-corrected chi connectivity index (χ2v) is 5.44. The van der Waals surface area contributed by atoms with Crippen LogP contribution in [0.3, 0.4) is 0 Å². The Morgan fingerprint density at radius 2 is 2.25 bits per heavy atom. The number of rotatable bonds is 5. The van der Waals surface area contributed by atoms with Crippen LogP contribution in [0.1, 0.15) is 36.2 Å². The quantitative estimate of drug-likeness (QED) is 0.854. The molecule has 1 saturated carbocycles. The molecule has 1 heterocycles. The highest BCUT2D eigenvalue weighted by atomic mass is 35.5. The summed E-state index contributed by atoms with van der Waals surface area (Å²) in [6.07, 6.45) is 2.69. The van der Waals surface area contributed by atoms with Crippen LogP contribution in [0.15, 0.2) is 11.4 Å². The van der Waals surface area contributed by atoms with Crippen LogP contribution >= 0.6 is 23.7 Å². The lowest BCUT2D eigenvalue weighted by Gasteiger charge is -2.21. The molecular formula is C12H20ClNOS. The van der Waals surface area contributed by atoms with E-state index in [2.05, 4.69) is 30.6 Å². The lowest BCUT2D eigenvalue weighted by Crippen LogP contribution is -2.33. The third-order valence-electron chi connectivity index (χ3n) is 3.19. The number of thiophene rings is 1. The number of nitrogens with one attached hydrogen (secondary N) is 1. The van der Waals surface area contributed by atoms with Crippen molar-refractivity contribution >= 4 is 23.7 Å². The molecule has 16 heavy (non-hydrogen) atoms. The highest BCUT2D eigenvalue weighted by Gasteiger charge is 2.29. The van der Waals surface area contributed by atoms with Crippen LogP contribution in [0.2, 0.25) is 0 Å². The molecule has 1 aromatic rings. The van der Waals surface area contributed by atoms with Crippen molar-refractivity contribution in [3.8, 4) is 0 Å². The normalized spacial score (nSPS) is 18.9. The van der Waals surface area contributed by atoms with Gasteiger partial charge in [-0.25, -0.2) is 0 Å². The van der Waals surface area contributed by atoms with Gasteiger partial charge < -0.3 is 10.4 Å². The van der Waals surface area contributed by atoms with E-state index in [4.69, 9.17) is 0 Å². The fourth-order valence-electron chi connectivity index (χ4n) is 2.00. The molecule has 0 aliphatic heterocycles. The van der Waals surface area contributed by atoms with Crippen molar-refractivity contribution in [3.05, 3.63) is 21.9 Å². The Kier molecular flexibility index (Phi) is 5.25. The van der Waals surface area contributed by atoms with Gasteiger partial charge in [-0.2, -0.15) is 0 Å². The topological polar surface area (TPSA) is 32.3 Å². The SMILES string of the molecule is Cc1ccsc1C(CO)NC(C)C1CC1.Cl. The smallest absolute Gasteiger partial charge is 0.0654 e. The minimum atomic E-state index is 0. The fraction of sp³-hybridized carbons (Fsp3) is 0.667. The molecule has 92 valence electrons. The van der Waals surface area contributed by atoms with Crippen LogP contribution in [-0.4, -0.2) is 17.8 Å². The Labute approximate surface area is 107 Å². The van der Waals surface area contributed by atoms with Gasteiger partial charge in [0.1, 0.15) is 0 Å². The van der Waals surface area contributed by atoms with Crippen LogP contribution in [-0.2, 0) is 0 Å². The highest BCUT2D eigenvalue weighted by Crippen LogP contribution is 2.34. The number of hydrogen-bond acceptors (Lipinski definition) is 3. The summed E-state index contributed by atoms with van der Waals surface area (Å²) in [7, 11) is 0. The molecule has 2 rings (SSSR count). The molecule has 0 saturated heterocycles. The van der Waals surface area contributed by atoms with E-state index in [9.17, 15) is 5.11 Å². The van der Waals surface area contributed by atoms with Gasteiger partial charge >= 0.3 is 0 Å². The Morgan fingerprint density at radius 3 is 2.69 bits per heavy atom. The van der Waals surface area contributed by atoms with E-state index in [1.54, 1.807) is 11.3 Å². The summed E-state index contributed by atoms with van der Waals surface area (Å²) in [5, 5.41) is 15.0. The average molecular weight is 262 g/mol. The molecule has 0 radical (unpaired) electrons. The number of aryl methyl sites for hydroxylation is 1. The first kappa shape index (κ1) is 14.0. The van der Waals surface area contributed by atoms with Gasteiger partial charge in [0.15, 0.2) is 0 Å². The summed E-state index contributed by atoms with van der Waals surface area (Å²) in [6.45, 7) is 4.53. The van der Waals surface area contributed by atoms with Gasteiger partial charge in [0.2, 0.25) is 0 Å². The molecule has 0 amide bonds. The van der Waals surface area contributed by atoms with E-state index in [1.165, 1.54) is 23.3 Å². The van der Waals surface area contributed by atoms with E-state index < -0.39 is 0 Å². The zero-order valence-corrected chi connectivity index (χ0v) is 11.4. The maximum atomic E-state index is 9.42. The molecule has 0 bridgehead atoms. The van der Waals surface area contributed by atoms with Crippen LogP contribution in [0.25, 0.3) is 0 Å². The maximum absolute atomic E-state index is 9.42. The molecule has 1 aliphatic rings. The molecule has 0 aromatic carbocycles. The minimum absolute atomic E-state index is 0. The maximum Gasteiger partial charge on any atom is 0.0654 e. The first-order chi connectivity index (χ1) is 7.22. The summed E-state index contributed by atoms with van der Waals surface area (Å²) in [5.41, 5.74) is 1.29. The lowest BCUT2D eigenvalue weighted by molar-refractivity contribution is 0.232. The Balaban J connectivity index is 0.00000128. The van der Waals surface area contributed by atoms with Crippen molar-refractivity contribution in [1.82, 2.24) is 5.32 Å². The van der Waals surface area contributed by atoms with Crippen molar-refractivity contribution in [2.45, 2.75) is 38.8 Å². The summed E-state index contributed by atoms with van der Waals surface area (Å²) in [5.74, 6) is 0.833. The molecular weight excluding hydrogens is 242 g/mol. The van der Waals surface area contributed by atoms with E-state index >= 15 is 0 Å². The van der Waals surface area contributed by atoms with Crippen molar-refractivity contribution < 1.29 is 5.11 Å². The number of hydrogen-bond donors (Lipinski definition) is 2. The molecule has 2 unspecified atom stereocenters. The average Bonchev–Trinajstić information content (AvgIpc) is 2.99. The van der Waals surface area contributed by atoms with E-state index in [1.807, 2.05) is 0 Å². The third-order valence-corrected chi connectivity index (χ3v) is 4.33. The van der Waals surface area contributed by atoms with Crippen molar-refractivity contribution in [3.63, 3.8) is 0 Å². The zero-order chi connectivity index (χ0) is 10.8. The number of aliphatic hydroxyl groups excluding tert-OH is 1. The van der Waals surface area contributed by atoms with E-state index in [0.29, 0.717) is 6.04 Å². The fourth-order valence-corrected chi connectivity index (χ4v) is 2.98. The largest absolute Gasteiger partial charge is 0.394 e. The summed E-state index contributed by atoms with van der Waals surface area (Å²) >= 11 is 1.73. The molecule has 4 heteroatoms. The monoisotopic (exact) mass is 261 g/mol. The predicted octanol–water partition coefficient (Wildman–Crippen LogP) is 2.90. The van der Waals surface area contributed by atoms with Gasteiger partial charge in [-0.15, -0.1) is 23.7 Å². The van der Waals surface area contributed by atoms with Gasteiger partial charge in [-0.3, -0.25) is 0 Å². The molecule has 1 fully saturated rings. The van der Waals surface area contributed by atoms with Crippen LogP contribution in [0.5, 0.6) is 0 Å². The second-order valence-electron chi connectivity index (χ2n) is 4.50. The predicted molar refractivity (Wildman–Crippen MR) is 71.5 cm³/mol. The summed E-state index contributed by atoms with van der Waals surface area (Å²) < 4.78 is 0. The lowest BCUT2D eigenvalue weighted by atomic mass is 10.1. The van der Waals surface area contributed by atoms with Crippen LogP contribution < -0.4 is 5.32 Å². The Bertz CT molecular complexity index is 325. The van der Waals surface area contributed by atoms with Crippen molar-refractivity contribution in [2.24, 2.45) is 5.92 Å². The summed E-state index contributed by atoms with van der Waals surface area (Å²) in [4.78, 5) is 1.28. The molecule has 2 nitrogen and oxygen atoms in total. The highest BCUT2D eigenvalue weighted by molar-refractivity contribution is 7.10. The number of halogens is 1. The van der Waals surface area contributed by atoms with Gasteiger partial charge in [0.05, 0.1) is 12.6 Å². The standard InChI is InChI=1S/C12H19NOS.ClH/c1-8-5-6-15-12(8)11(7-14)13-9(2)10-3-4-10;/h5-6,9-11,13-14H,3-4,7H2,1-2H3;1H. The van der Waals surface area contributed by atoms with E-state index in [-0.39, 0.29) is 25.1 Å². The minimum Gasteiger partial charge on any atom is -0.394 e. The van der Waals surface area contributed by atoms with Gasteiger partial charge in [0, 0.05) is 10.9 Å². The van der Waals surface area contributed by atoms with Crippen molar-refractivity contribution in [1.29, 1.82) is 0 Å². The van der Waals surface area contributed by atoms with Crippen LogP contribution in [0.4, 0.5) is 0 Å². The molecule has 1 aromatic heterocycles. The van der Waals surface area contributed by atoms with E-state index in [0.717, 1.165) is 5.92 Å². The number of aliphatic hydroxyl groups is 1. The Morgan fingerprint density at radius 1 is 1.56 bits per heavy atom. The Hall–Kier alpha value is -0.0900. The second kappa shape index (κ2) is 6.01. The van der Waals surface area contributed by atoms with Gasteiger partial charge in [-0.1, -0.05) is 0 Å². The first-order valence-corrected chi connectivity index (χ1v) is 6.51. The van der Waals surface area contributed by atoms with Crippen molar-refractivity contribution in [2.75, 3.05) is 6.61 Å². The van der Waals surface area contributed by atoms with Gasteiger partial charge in [-0.05, 0) is 49.6 Å². The van der Waals surface area contributed by atoms with Gasteiger partial charge in [0.25, 0.3) is 0 Å². The molecule has 0 spiro atoms. The third kappa shape index (κ3) is 3.20. The summed E-state index contributed by atoms with van der Waals surface area (Å²) in [6, 6.07) is 2.77. The zero-order valence-electron chi connectivity index (χ0n) is 9.77. The molecule has 2 atom stereocenters. The molecule has 2 N–H and O–H groups in total. The molecule has 1 aliphatic carbocycles. The first-order valence-electron chi connectivity index (χ1n) is 5.63. The van der Waals surface area contributed by atoms with Crippen LogP contribution in [0, 0.1) is 12.8 Å².